The summed E-state index contributed by atoms with van der Waals surface area (Å²) in [5.74, 6) is 4.37. The van der Waals surface area contributed by atoms with Gasteiger partial charge in [0.25, 0.3) is 0 Å². The van der Waals surface area contributed by atoms with Crippen molar-refractivity contribution in [2.75, 3.05) is 18.1 Å². The van der Waals surface area contributed by atoms with Crippen molar-refractivity contribution < 1.29 is 0 Å². The Morgan fingerprint density at radius 3 is 2.40 bits per heavy atom. The predicted octanol–water partition coefficient (Wildman–Crippen LogP) is 3.54. The highest BCUT2D eigenvalue weighted by molar-refractivity contribution is 7.99. The lowest BCUT2D eigenvalue weighted by atomic mass is 10.1. The summed E-state index contributed by atoms with van der Waals surface area (Å²) in [5.41, 5.74) is 0. The zero-order valence-corrected chi connectivity index (χ0v) is 11.4. The number of hydrogen-bond donors (Lipinski definition) is 1. The Morgan fingerprint density at radius 1 is 1.13 bits per heavy atom. The molecule has 0 radical (unpaired) electrons. The minimum Gasteiger partial charge on any atom is -0.313 e. The molecule has 1 fully saturated rings. The molecule has 90 valence electrons. The van der Waals surface area contributed by atoms with E-state index < -0.39 is 0 Å². The van der Waals surface area contributed by atoms with Gasteiger partial charge in [0.2, 0.25) is 0 Å². The van der Waals surface area contributed by atoms with Gasteiger partial charge in [-0.25, -0.2) is 0 Å². The van der Waals surface area contributed by atoms with Crippen LogP contribution in [0.4, 0.5) is 0 Å². The van der Waals surface area contributed by atoms with Gasteiger partial charge in [0.05, 0.1) is 0 Å². The van der Waals surface area contributed by atoms with E-state index in [4.69, 9.17) is 0 Å². The summed E-state index contributed by atoms with van der Waals surface area (Å²) in [6.07, 6.45) is 5.84. The van der Waals surface area contributed by atoms with Crippen LogP contribution in [0.25, 0.3) is 0 Å². The molecular weight excluding hydrogens is 202 g/mol. The van der Waals surface area contributed by atoms with E-state index in [1.54, 1.807) is 0 Å². The van der Waals surface area contributed by atoms with Crippen LogP contribution < -0.4 is 5.32 Å². The van der Waals surface area contributed by atoms with Crippen LogP contribution in [0.5, 0.6) is 0 Å². The zero-order valence-electron chi connectivity index (χ0n) is 10.6. The summed E-state index contributed by atoms with van der Waals surface area (Å²) < 4.78 is 0. The first-order valence-corrected chi connectivity index (χ1v) is 7.65. The molecule has 15 heavy (non-hydrogen) atoms. The molecule has 0 aromatic carbocycles. The summed E-state index contributed by atoms with van der Waals surface area (Å²) in [6, 6.07) is 0.689. The summed E-state index contributed by atoms with van der Waals surface area (Å²) >= 11 is 2.09. The van der Waals surface area contributed by atoms with Crippen molar-refractivity contribution in [3.8, 4) is 0 Å². The van der Waals surface area contributed by atoms with Gasteiger partial charge in [0, 0.05) is 11.8 Å². The average Bonchev–Trinajstić information content (AvgIpc) is 2.66. The van der Waals surface area contributed by atoms with Gasteiger partial charge in [0.1, 0.15) is 0 Å². The molecule has 1 atom stereocenters. The molecule has 1 saturated carbocycles. The zero-order chi connectivity index (χ0) is 11.1. The minimum atomic E-state index is 0.689. The van der Waals surface area contributed by atoms with Gasteiger partial charge < -0.3 is 5.32 Å². The molecule has 0 aliphatic heterocycles. The van der Waals surface area contributed by atoms with E-state index in [-0.39, 0.29) is 0 Å². The highest BCUT2D eigenvalue weighted by atomic mass is 32.2. The molecule has 0 aromatic rings. The lowest BCUT2D eigenvalue weighted by Gasteiger charge is -2.17. The molecule has 0 heterocycles. The smallest absolute Gasteiger partial charge is 0.0130 e. The molecule has 1 nitrogen and oxygen atoms in total. The number of hydrogen-bond acceptors (Lipinski definition) is 2. The van der Waals surface area contributed by atoms with Crippen LogP contribution in [0, 0.1) is 11.8 Å². The third-order valence-corrected chi connectivity index (χ3v) is 4.69. The van der Waals surface area contributed by atoms with E-state index in [1.165, 1.54) is 43.7 Å². The van der Waals surface area contributed by atoms with E-state index in [0.29, 0.717) is 6.04 Å². The number of nitrogens with one attached hydrogen (secondary N) is 1. The van der Waals surface area contributed by atoms with Crippen LogP contribution in [-0.4, -0.2) is 24.1 Å². The van der Waals surface area contributed by atoms with Crippen molar-refractivity contribution in [2.45, 2.75) is 52.5 Å². The van der Waals surface area contributed by atoms with E-state index in [0.717, 1.165) is 11.8 Å². The van der Waals surface area contributed by atoms with Gasteiger partial charge in [-0.2, -0.15) is 11.8 Å². The van der Waals surface area contributed by atoms with E-state index >= 15 is 0 Å². The standard InChI is InChI=1S/C13H27NS/c1-11(2)9-15-10-12(3)14-8-13-6-4-5-7-13/h11-14H,4-10H2,1-3H3. The summed E-state index contributed by atoms with van der Waals surface area (Å²) in [5, 5.41) is 3.68. The van der Waals surface area contributed by atoms with Crippen LogP contribution in [0.3, 0.4) is 0 Å². The van der Waals surface area contributed by atoms with Crippen molar-refractivity contribution in [3.63, 3.8) is 0 Å². The monoisotopic (exact) mass is 229 g/mol. The van der Waals surface area contributed by atoms with Crippen LogP contribution >= 0.6 is 11.8 Å². The van der Waals surface area contributed by atoms with E-state index in [2.05, 4.69) is 37.8 Å². The fraction of sp³-hybridized carbons (Fsp3) is 1.00. The van der Waals surface area contributed by atoms with Gasteiger partial charge in [-0.1, -0.05) is 26.7 Å². The molecule has 1 unspecified atom stereocenters. The second-order valence-corrected chi connectivity index (χ2v) is 6.47. The minimum absolute atomic E-state index is 0.689. The largest absolute Gasteiger partial charge is 0.313 e. The van der Waals surface area contributed by atoms with Crippen LogP contribution in [-0.2, 0) is 0 Å². The number of rotatable bonds is 7. The van der Waals surface area contributed by atoms with Gasteiger partial charge in [-0.05, 0) is 43.9 Å². The fourth-order valence-corrected chi connectivity index (χ4v) is 3.20. The van der Waals surface area contributed by atoms with Crippen LogP contribution in [0.2, 0.25) is 0 Å². The molecule has 1 aliphatic rings. The maximum absolute atomic E-state index is 3.68. The Morgan fingerprint density at radius 2 is 1.80 bits per heavy atom. The Hall–Kier alpha value is 0.310. The molecule has 2 heteroatoms. The molecule has 1 rings (SSSR count). The third kappa shape index (κ3) is 6.47. The highest BCUT2D eigenvalue weighted by Crippen LogP contribution is 2.23. The van der Waals surface area contributed by atoms with Crippen LogP contribution in [0.1, 0.15) is 46.5 Å². The second kappa shape index (κ2) is 7.56. The van der Waals surface area contributed by atoms with Gasteiger partial charge in [-0.15, -0.1) is 0 Å². The second-order valence-electron chi connectivity index (χ2n) is 5.39. The SMILES string of the molecule is CC(C)CSCC(C)NCC1CCCC1. The molecule has 1 aliphatic carbocycles. The van der Waals surface area contributed by atoms with Crippen LogP contribution in [0.15, 0.2) is 0 Å². The quantitative estimate of drug-likeness (QED) is 0.716. The van der Waals surface area contributed by atoms with E-state index in [9.17, 15) is 0 Å². The first-order chi connectivity index (χ1) is 7.18. The third-order valence-electron chi connectivity index (χ3n) is 3.05. The van der Waals surface area contributed by atoms with Crippen molar-refractivity contribution in [2.24, 2.45) is 11.8 Å². The molecule has 0 aromatic heterocycles. The maximum Gasteiger partial charge on any atom is 0.0130 e. The Bertz CT molecular complexity index is 153. The molecule has 1 N–H and O–H groups in total. The maximum atomic E-state index is 3.68. The fourth-order valence-electron chi connectivity index (χ4n) is 2.12. The molecule has 0 spiro atoms. The lowest BCUT2D eigenvalue weighted by Crippen LogP contribution is -2.32. The topological polar surface area (TPSA) is 12.0 Å². The highest BCUT2D eigenvalue weighted by Gasteiger charge is 2.15. The van der Waals surface area contributed by atoms with Crippen molar-refractivity contribution >= 4 is 11.8 Å². The molecule has 0 saturated heterocycles. The Kier molecular flexibility index (Phi) is 6.74. The Balaban J connectivity index is 1.95. The first-order valence-electron chi connectivity index (χ1n) is 6.49. The summed E-state index contributed by atoms with van der Waals surface area (Å²) in [7, 11) is 0. The van der Waals surface area contributed by atoms with Crippen molar-refractivity contribution in [1.82, 2.24) is 5.32 Å². The summed E-state index contributed by atoms with van der Waals surface area (Å²) in [4.78, 5) is 0. The normalized spacial score (nSPS) is 20.0. The molecular formula is C13H27NS. The van der Waals surface area contributed by atoms with Gasteiger partial charge in [0.15, 0.2) is 0 Å². The lowest BCUT2D eigenvalue weighted by molar-refractivity contribution is 0.461. The molecule has 0 amide bonds. The van der Waals surface area contributed by atoms with Crippen molar-refractivity contribution in [3.05, 3.63) is 0 Å². The Labute approximate surface area is 99.8 Å². The average molecular weight is 229 g/mol. The summed E-state index contributed by atoms with van der Waals surface area (Å²) in [6.45, 7) is 8.17. The first kappa shape index (κ1) is 13.4. The molecule has 0 bridgehead atoms. The van der Waals surface area contributed by atoms with Crippen molar-refractivity contribution in [1.29, 1.82) is 0 Å². The predicted molar refractivity (Wildman–Crippen MR) is 71.6 cm³/mol. The van der Waals surface area contributed by atoms with Gasteiger partial charge in [-0.3, -0.25) is 0 Å². The van der Waals surface area contributed by atoms with Gasteiger partial charge >= 0.3 is 0 Å². The number of thioether (sulfide) groups is 1. The van der Waals surface area contributed by atoms with E-state index in [1.807, 2.05) is 0 Å².